The van der Waals surface area contributed by atoms with Gasteiger partial charge in [-0.05, 0) is 30.2 Å². The van der Waals surface area contributed by atoms with Crippen LogP contribution in [0.3, 0.4) is 0 Å². The largest absolute Gasteiger partial charge is 0.396 e. The Morgan fingerprint density at radius 3 is 2.66 bits per heavy atom. The summed E-state index contributed by atoms with van der Waals surface area (Å²) < 4.78 is 5.48. The summed E-state index contributed by atoms with van der Waals surface area (Å²) in [5.74, 6) is 2.38. The van der Waals surface area contributed by atoms with Crippen LogP contribution in [0.5, 0.6) is 0 Å². The van der Waals surface area contributed by atoms with Crippen LogP contribution >= 0.6 is 22.7 Å². The summed E-state index contributed by atoms with van der Waals surface area (Å²) >= 11 is 3.48. The summed E-state index contributed by atoms with van der Waals surface area (Å²) in [6, 6.07) is 4.28. The Labute approximate surface area is 178 Å². The molecule has 0 aliphatic carbocycles. The van der Waals surface area contributed by atoms with Crippen molar-refractivity contribution in [3.05, 3.63) is 28.7 Å². The molecule has 29 heavy (non-hydrogen) atoms. The summed E-state index contributed by atoms with van der Waals surface area (Å²) in [5, 5.41) is 15.1. The fraction of sp³-hybridized carbons (Fsp3) is 0.524. The first-order valence-electron chi connectivity index (χ1n) is 10.3. The molecule has 2 aliphatic heterocycles. The molecule has 2 saturated heterocycles. The number of fused-ring (bicyclic) bond motifs is 1. The van der Waals surface area contributed by atoms with Crippen molar-refractivity contribution < 1.29 is 9.84 Å². The zero-order valence-corrected chi connectivity index (χ0v) is 18.1. The predicted molar refractivity (Wildman–Crippen MR) is 119 cm³/mol. The van der Waals surface area contributed by atoms with Crippen molar-refractivity contribution in [3.63, 3.8) is 0 Å². The fourth-order valence-electron chi connectivity index (χ4n) is 4.17. The van der Waals surface area contributed by atoms with Crippen LogP contribution in [0.25, 0.3) is 20.7 Å². The highest BCUT2D eigenvalue weighted by Crippen LogP contribution is 2.41. The third-order valence-corrected chi connectivity index (χ3v) is 7.66. The standard InChI is InChI=1S/C21H26N4O2S2/c26-13-15-3-5-25(6-4-15)20-19-16(17-2-1-11-28-17)14-29-21(19)23-18(22-20)12-24-7-9-27-10-8-24/h1-2,11,14-15,26H,3-10,12-13H2. The van der Waals surface area contributed by atoms with Crippen molar-refractivity contribution in [3.8, 4) is 10.4 Å². The van der Waals surface area contributed by atoms with E-state index in [1.54, 1.807) is 22.7 Å². The fourth-order valence-corrected chi connectivity index (χ4v) is 5.94. The van der Waals surface area contributed by atoms with Crippen LogP contribution in [0.15, 0.2) is 22.9 Å². The number of rotatable bonds is 5. The number of hydrogen-bond acceptors (Lipinski definition) is 8. The lowest BCUT2D eigenvalue weighted by molar-refractivity contribution is 0.0331. The van der Waals surface area contributed by atoms with E-state index in [0.29, 0.717) is 5.92 Å². The van der Waals surface area contributed by atoms with E-state index in [0.717, 1.165) is 75.3 Å². The average Bonchev–Trinajstić information content (AvgIpc) is 3.44. The maximum absolute atomic E-state index is 9.53. The van der Waals surface area contributed by atoms with Crippen molar-refractivity contribution >= 4 is 38.7 Å². The van der Waals surface area contributed by atoms with Crippen molar-refractivity contribution in [1.29, 1.82) is 0 Å². The normalized spacial score (nSPS) is 19.3. The Bertz CT molecular complexity index is 945. The summed E-state index contributed by atoms with van der Waals surface area (Å²) in [6.45, 7) is 6.37. The van der Waals surface area contributed by atoms with Gasteiger partial charge in [0.15, 0.2) is 0 Å². The second kappa shape index (κ2) is 8.65. The molecule has 6 nitrogen and oxygen atoms in total. The van der Waals surface area contributed by atoms with E-state index in [4.69, 9.17) is 14.7 Å². The van der Waals surface area contributed by atoms with Gasteiger partial charge < -0.3 is 14.7 Å². The third kappa shape index (κ3) is 4.04. The molecule has 1 N–H and O–H groups in total. The van der Waals surface area contributed by atoms with E-state index in [1.165, 1.54) is 15.8 Å². The van der Waals surface area contributed by atoms with E-state index in [9.17, 15) is 5.11 Å². The Hall–Kier alpha value is -1.58. The molecule has 0 spiro atoms. The van der Waals surface area contributed by atoms with Gasteiger partial charge in [0, 0.05) is 48.6 Å². The first-order chi connectivity index (χ1) is 14.3. The van der Waals surface area contributed by atoms with Crippen LogP contribution in [0.1, 0.15) is 18.7 Å². The van der Waals surface area contributed by atoms with E-state index in [2.05, 4.69) is 32.7 Å². The molecular formula is C21H26N4O2S2. The molecule has 0 bridgehead atoms. The molecule has 3 aromatic heterocycles. The number of nitrogens with zero attached hydrogens (tertiary/aromatic N) is 4. The molecule has 0 radical (unpaired) electrons. The van der Waals surface area contributed by atoms with Crippen LogP contribution in [0, 0.1) is 5.92 Å². The van der Waals surface area contributed by atoms with Gasteiger partial charge in [-0.25, -0.2) is 9.97 Å². The third-order valence-electron chi connectivity index (χ3n) is 5.89. The molecule has 5 heterocycles. The van der Waals surface area contributed by atoms with E-state index >= 15 is 0 Å². The van der Waals surface area contributed by atoms with Crippen molar-refractivity contribution in [2.24, 2.45) is 5.92 Å². The number of aliphatic hydroxyl groups is 1. The second-order valence-electron chi connectivity index (χ2n) is 7.77. The molecular weight excluding hydrogens is 404 g/mol. The predicted octanol–water partition coefficient (Wildman–Crippen LogP) is 3.46. The van der Waals surface area contributed by atoms with Crippen LogP contribution in [0.4, 0.5) is 5.82 Å². The summed E-state index contributed by atoms with van der Waals surface area (Å²) in [7, 11) is 0. The number of morpholine rings is 1. The number of thiophene rings is 2. The molecule has 5 rings (SSSR count). The molecule has 0 saturated carbocycles. The SMILES string of the molecule is OCC1CCN(c2nc(CN3CCOCC3)nc3scc(-c4cccs4)c23)CC1. The highest BCUT2D eigenvalue weighted by atomic mass is 32.1. The van der Waals surface area contributed by atoms with Gasteiger partial charge in [0.2, 0.25) is 0 Å². The van der Waals surface area contributed by atoms with Gasteiger partial charge in [-0.15, -0.1) is 22.7 Å². The van der Waals surface area contributed by atoms with Gasteiger partial charge >= 0.3 is 0 Å². The Kier molecular flexibility index (Phi) is 5.78. The molecule has 0 amide bonds. The zero-order chi connectivity index (χ0) is 19.6. The Morgan fingerprint density at radius 1 is 1.10 bits per heavy atom. The van der Waals surface area contributed by atoms with Gasteiger partial charge in [0.25, 0.3) is 0 Å². The van der Waals surface area contributed by atoms with Gasteiger partial charge in [-0.3, -0.25) is 4.90 Å². The first-order valence-corrected chi connectivity index (χ1v) is 12.1. The van der Waals surface area contributed by atoms with Crippen molar-refractivity contribution in [1.82, 2.24) is 14.9 Å². The topological polar surface area (TPSA) is 61.7 Å². The number of ether oxygens (including phenoxy) is 1. The van der Waals surface area contributed by atoms with Crippen LogP contribution in [0.2, 0.25) is 0 Å². The molecule has 154 valence electrons. The van der Waals surface area contributed by atoms with Crippen molar-refractivity contribution in [2.75, 3.05) is 50.9 Å². The highest BCUT2D eigenvalue weighted by Gasteiger charge is 2.25. The average molecular weight is 431 g/mol. The second-order valence-corrected chi connectivity index (χ2v) is 9.58. The smallest absolute Gasteiger partial charge is 0.146 e. The van der Waals surface area contributed by atoms with Crippen LogP contribution in [-0.4, -0.2) is 66.0 Å². The Morgan fingerprint density at radius 2 is 1.93 bits per heavy atom. The minimum atomic E-state index is 0.286. The lowest BCUT2D eigenvalue weighted by atomic mass is 9.97. The summed E-state index contributed by atoms with van der Waals surface area (Å²) in [6.07, 6.45) is 2.03. The molecule has 0 unspecified atom stereocenters. The number of anilines is 1. The Balaban J connectivity index is 1.53. The van der Waals surface area contributed by atoms with Crippen LogP contribution in [-0.2, 0) is 11.3 Å². The minimum Gasteiger partial charge on any atom is -0.396 e. The minimum absolute atomic E-state index is 0.286. The molecule has 2 fully saturated rings. The highest BCUT2D eigenvalue weighted by molar-refractivity contribution is 7.18. The van der Waals surface area contributed by atoms with Crippen molar-refractivity contribution in [2.45, 2.75) is 19.4 Å². The zero-order valence-electron chi connectivity index (χ0n) is 16.4. The van der Waals surface area contributed by atoms with Gasteiger partial charge in [-0.2, -0.15) is 0 Å². The summed E-state index contributed by atoms with van der Waals surface area (Å²) in [4.78, 5) is 17.2. The van der Waals surface area contributed by atoms with Gasteiger partial charge in [-0.1, -0.05) is 6.07 Å². The molecule has 8 heteroatoms. The lowest BCUT2D eigenvalue weighted by Gasteiger charge is -2.33. The molecule has 2 aliphatic rings. The molecule has 3 aromatic rings. The quantitative estimate of drug-likeness (QED) is 0.669. The van der Waals surface area contributed by atoms with E-state index in [1.807, 2.05) is 0 Å². The summed E-state index contributed by atoms with van der Waals surface area (Å²) in [5.41, 5.74) is 1.25. The van der Waals surface area contributed by atoms with Crippen LogP contribution < -0.4 is 4.90 Å². The maximum Gasteiger partial charge on any atom is 0.146 e. The number of piperidine rings is 1. The van der Waals surface area contributed by atoms with E-state index in [-0.39, 0.29) is 6.61 Å². The van der Waals surface area contributed by atoms with Gasteiger partial charge in [0.1, 0.15) is 16.5 Å². The first kappa shape index (κ1) is 19.4. The monoisotopic (exact) mass is 430 g/mol. The lowest BCUT2D eigenvalue weighted by Crippen LogP contribution is -2.37. The maximum atomic E-state index is 9.53. The molecule has 0 atom stereocenters. The number of aliphatic hydroxyl groups excluding tert-OH is 1. The van der Waals surface area contributed by atoms with E-state index < -0.39 is 0 Å². The van der Waals surface area contributed by atoms with Gasteiger partial charge in [0.05, 0.1) is 25.1 Å². The number of aromatic nitrogens is 2. The molecule has 0 aromatic carbocycles. The number of hydrogen-bond donors (Lipinski definition) is 1.